The minimum atomic E-state index is -1.49. The van der Waals surface area contributed by atoms with Gasteiger partial charge in [0.2, 0.25) is 5.97 Å². The fraction of sp³-hybridized carbons (Fsp3) is 1.00. The third kappa shape index (κ3) is 3.58. The van der Waals surface area contributed by atoms with Crippen LogP contribution in [0, 0.1) is 5.41 Å². The maximum Gasteiger partial charge on any atom is 0.243 e. The van der Waals surface area contributed by atoms with E-state index in [0.717, 1.165) is 0 Å². The second-order valence-corrected chi connectivity index (χ2v) is 4.80. The standard InChI is InChI=1S/C8H22N4O/c1-6(2,3)7(4,5)13-8(9,10)12-11/h12H,9-11H2,1-5H3. The van der Waals surface area contributed by atoms with Crippen molar-refractivity contribution in [3.63, 3.8) is 0 Å². The molecule has 0 fully saturated rings. The Morgan fingerprint density at radius 3 is 1.62 bits per heavy atom. The molecule has 0 aromatic carbocycles. The van der Waals surface area contributed by atoms with Gasteiger partial charge in [-0.25, -0.2) is 5.43 Å². The SMILES string of the molecule is CC(C)(C)C(C)(C)OC(N)(N)NN. The van der Waals surface area contributed by atoms with Crippen LogP contribution in [0.3, 0.4) is 0 Å². The van der Waals surface area contributed by atoms with Crippen LogP contribution in [0.4, 0.5) is 0 Å². The van der Waals surface area contributed by atoms with Gasteiger partial charge in [-0.3, -0.25) is 17.3 Å². The van der Waals surface area contributed by atoms with Crippen molar-refractivity contribution < 1.29 is 4.74 Å². The topological polar surface area (TPSA) is 99.3 Å². The second kappa shape index (κ2) is 3.51. The molecule has 7 N–H and O–H groups in total. The molecule has 0 radical (unpaired) electrons. The van der Waals surface area contributed by atoms with E-state index < -0.39 is 11.6 Å². The second-order valence-electron chi connectivity index (χ2n) is 4.80. The first-order chi connectivity index (χ1) is 5.52. The maximum atomic E-state index is 5.52. The van der Waals surface area contributed by atoms with Gasteiger partial charge in [0.15, 0.2) is 0 Å². The lowest BCUT2D eigenvalue weighted by Gasteiger charge is -2.43. The molecule has 0 amide bonds. The minimum Gasteiger partial charge on any atom is -0.327 e. The van der Waals surface area contributed by atoms with Crippen molar-refractivity contribution >= 4 is 0 Å². The number of nitrogens with two attached hydrogens (primary N) is 3. The van der Waals surface area contributed by atoms with Crippen LogP contribution in [0.15, 0.2) is 0 Å². The predicted molar refractivity (Wildman–Crippen MR) is 53.0 cm³/mol. The van der Waals surface area contributed by atoms with Crippen LogP contribution in [-0.4, -0.2) is 11.6 Å². The van der Waals surface area contributed by atoms with Gasteiger partial charge in [0, 0.05) is 0 Å². The molecule has 0 atom stereocenters. The third-order valence-electron chi connectivity index (χ3n) is 2.46. The fourth-order valence-corrected chi connectivity index (χ4v) is 0.605. The molecule has 0 spiro atoms. The van der Waals surface area contributed by atoms with Crippen molar-refractivity contribution in [3.8, 4) is 0 Å². The van der Waals surface area contributed by atoms with Crippen molar-refractivity contribution in [1.82, 2.24) is 5.43 Å². The van der Waals surface area contributed by atoms with Crippen molar-refractivity contribution in [3.05, 3.63) is 0 Å². The normalized spacial score (nSPS) is 14.8. The van der Waals surface area contributed by atoms with Gasteiger partial charge in [0.1, 0.15) is 0 Å². The van der Waals surface area contributed by atoms with E-state index in [-0.39, 0.29) is 5.41 Å². The van der Waals surface area contributed by atoms with Crippen molar-refractivity contribution in [2.45, 2.75) is 46.2 Å². The van der Waals surface area contributed by atoms with Gasteiger partial charge in [0.05, 0.1) is 5.60 Å². The number of nitrogens with one attached hydrogen (secondary N) is 1. The van der Waals surface area contributed by atoms with E-state index in [1.807, 2.05) is 34.6 Å². The average Bonchev–Trinajstić information content (AvgIpc) is 1.83. The highest BCUT2D eigenvalue weighted by molar-refractivity contribution is 4.85. The summed E-state index contributed by atoms with van der Waals surface area (Å²) in [5.41, 5.74) is 12.7. The van der Waals surface area contributed by atoms with Gasteiger partial charge < -0.3 is 4.74 Å². The number of hydrazine groups is 1. The van der Waals surface area contributed by atoms with Gasteiger partial charge >= 0.3 is 0 Å². The van der Waals surface area contributed by atoms with Crippen LogP contribution in [0.1, 0.15) is 34.6 Å². The van der Waals surface area contributed by atoms with Crippen LogP contribution < -0.4 is 22.7 Å². The molecule has 0 saturated heterocycles. The van der Waals surface area contributed by atoms with Gasteiger partial charge in [-0.2, -0.15) is 0 Å². The zero-order valence-corrected chi connectivity index (χ0v) is 9.14. The molecular weight excluding hydrogens is 168 g/mol. The Balaban J connectivity index is 4.52. The molecule has 0 aliphatic heterocycles. The molecule has 0 unspecified atom stereocenters. The predicted octanol–water partition coefficient (Wildman–Crippen LogP) is -0.180. The molecule has 0 saturated carbocycles. The molecule has 0 aromatic rings. The molecule has 0 aliphatic rings. The fourth-order valence-electron chi connectivity index (χ4n) is 0.605. The van der Waals surface area contributed by atoms with Crippen LogP contribution in [0.2, 0.25) is 0 Å². The van der Waals surface area contributed by atoms with E-state index in [0.29, 0.717) is 0 Å². The Morgan fingerprint density at radius 1 is 1.00 bits per heavy atom. The summed E-state index contributed by atoms with van der Waals surface area (Å²) < 4.78 is 5.46. The summed E-state index contributed by atoms with van der Waals surface area (Å²) in [4.78, 5) is 0. The van der Waals surface area contributed by atoms with Crippen molar-refractivity contribution in [1.29, 1.82) is 0 Å². The first-order valence-electron chi connectivity index (χ1n) is 4.27. The summed E-state index contributed by atoms with van der Waals surface area (Å²) >= 11 is 0. The number of rotatable bonds is 3. The van der Waals surface area contributed by atoms with Crippen molar-refractivity contribution in [2.75, 3.05) is 0 Å². The Hall–Kier alpha value is -0.200. The molecule has 0 aliphatic carbocycles. The largest absolute Gasteiger partial charge is 0.327 e. The molecule has 0 heterocycles. The highest BCUT2D eigenvalue weighted by Gasteiger charge is 2.39. The first kappa shape index (κ1) is 12.8. The number of ether oxygens (including phenoxy) is 1. The molecule has 0 bridgehead atoms. The van der Waals surface area contributed by atoms with Crippen molar-refractivity contribution in [2.24, 2.45) is 22.7 Å². The average molecular weight is 190 g/mol. The monoisotopic (exact) mass is 190 g/mol. The first-order valence-corrected chi connectivity index (χ1v) is 4.27. The summed E-state index contributed by atoms with van der Waals surface area (Å²) in [6, 6.07) is 0. The Morgan fingerprint density at radius 2 is 1.38 bits per heavy atom. The van der Waals surface area contributed by atoms with Gasteiger partial charge in [-0.05, 0) is 19.3 Å². The summed E-state index contributed by atoms with van der Waals surface area (Å²) in [7, 11) is 0. The summed E-state index contributed by atoms with van der Waals surface area (Å²) in [5, 5.41) is 0. The molecular formula is C8H22N4O. The zero-order valence-electron chi connectivity index (χ0n) is 9.14. The highest BCUT2D eigenvalue weighted by atomic mass is 16.6. The lowest BCUT2D eigenvalue weighted by atomic mass is 9.79. The molecule has 5 heteroatoms. The molecule has 13 heavy (non-hydrogen) atoms. The Bertz CT molecular complexity index is 171. The Labute approximate surface area is 79.9 Å². The molecule has 0 rings (SSSR count). The summed E-state index contributed by atoms with van der Waals surface area (Å²) in [6.45, 7) is 9.95. The smallest absolute Gasteiger partial charge is 0.243 e. The minimum absolute atomic E-state index is 0.0756. The quantitative estimate of drug-likeness (QED) is 0.281. The molecule has 5 nitrogen and oxygen atoms in total. The van der Waals surface area contributed by atoms with Gasteiger partial charge in [-0.1, -0.05) is 20.8 Å². The summed E-state index contributed by atoms with van der Waals surface area (Å²) in [5.74, 6) is 3.64. The summed E-state index contributed by atoms with van der Waals surface area (Å²) in [6.07, 6.45) is 0. The molecule has 0 aromatic heterocycles. The van der Waals surface area contributed by atoms with Gasteiger partial charge in [0.25, 0.3) is 0 Å². The van der Waals surface area contributed by atoms with E-state index in [2.05, 4.69) is 5.43 Å². The van der Waals surface area contributed by atoms with E-state index >= 15 is 0 Å². The maximum absolute atomic E-state index is 5.52. The van der Waals surface area contributed by atoms with E-state index in [4.69, 9.17) is 22.0 Å². The zero-order chi connectivity index (χ0) is 10.9. The number of hydrogen-bond donors (Lipinski definition) is 4. The Kier molecular flexibility index (Phi) is 3.46. The lowest BCUT2D eigenvalue weighted by Crippen LogP contribution is -2.69. The van der Waals surface area contributed by atoms with Crippen LogP contribution >= 0.6 is 0 Å². The van der Waals surface area contributed by atoms with Crippen LogP contribution in [0.5, 0.6) is 0 Å². The van der Waals surface area contributed by atoms with Crippen LogP contribution in [0.25, 0.3) is 0 Å². The highest BCUT2D eigenvalue weighted by Crippen LogP contribution is 2.33. The van der Waals surface area contributed by atoms with E-state index in [1.165, 1.54) is 0 Å². The van der Waals surface area contributed by atoms with Gasteiger partial charge in [-0.15, -0.1) is 0 Å². The molecule has 80 valence electrons. The van der Waals surface area contributed by atoms with Crippen LogP contribution in [-0.2, 0) is 4.74 Å². The number of hydrogen-bond acceptors (Lipinski definition) is 5. The third-order valence-corrected chi connectivity index (χ3v) is 2.46. The van der Waals surface area contributed by atoms with E-state index in [9.17, 15) is 0 Å². The van der Waals surface area contributed by atoms with E-state index in [1.54, 1.807) is 0 Å². The lowest BCUT2D eigenvalue weighted by molar-refractivity contribution is -0.193.